The number of amides is 1. The minimum Gasteiger partial charge on any atom is -0.496 e. The number of likely N-dealkylation sites (N-methyl/N-ethyl adjacent to an activating group) is 1. The minimum atomic E-state index is -0.416. The van der Waals surface area contributed by atoms with Crippen LogP contribution in [0.1, 0.15) is 23.6 Å². The Hall–Kier alpha value is -3.88. The monoisotopic (exact) mass is 560 g/mol. The lowest BCUT2D eigenvalue weighted by molar-refractivity contribution is -0.126. The van der Waals surface area contributed by atoms with Crippen LogP contribution in [0.15, 0.2) is 35.4 Å². The van der Waals surface area contributed by atoms with E-state index in [0.29, 0.717) is 45.1 Å². The molecule has 39 heavy (non-hydrogen) atoms. The number of aliphatic hydroxyl groups excluding tert-OH is 2. The summed E-state index contributed by atoms with van der Waals surface area (Å²) in [6.45, 7) is 2.08. The number of nitrogens with zero attached hydrogens (tertiary/aromatic N) is 6. The predicted molar refractivity (Wildman–Crippen MR) is 141 cm³/mol. The van der Waals surface area contributed by atoms with Gasteiger partial charge in [-0.2, -0.15) is 15.2 Å². The Morgan fingerprint density at radius 3 is 2.51 bits per heavy atom. The van der Waals surface area contributed by atoms with Crippen molar-refractivity contribution in [2.24, 2.45) is 0 Å². The number of halogens is 1. The highest BCUT2D eigenvalue weighted by molar-refractivity contribution is 7.21. The Morgan fingerprint density at radius 2 is 1.90 bits per heavy atom. The molecule has 1 fully saturated rings. The van der Waals surface area contributed by atoms with Crippen LogP contribution in [0.4, 0.5) is 4.39 Å². The first-order chi connectivity index (χ1) is 18.8. The fraction of sp³-hybridized carbons (Fsp3) is 0.400. The number of benzene rings is 1. The van der Waals surface area contributed by atoms with Crippen molar-refractivity contribution in [1.29, 1.82) is 0 Å². The van der Waals surface area contributed by atoms with Gasteiger partial charge in [0, 0.05) is 37.6 Å². The van der Waals surface area contributed by atoms with Crippen molar-refractivity contribution in [2.75, 3.05) is 40.5 Å². The highest BCUT2D eigenvalue weighted by Crippen LogP contribution is 2.33. The SMILES string of the molecule is COc1ccc(F)cc1CCOc1nc2sc(-n3nccn3)c(C)c2c(=O)n1C1CC(=O)N(C)C1.OCCO. The summed E-state index contributed by atoms with van der Waals surface area (Å²) < 4.78 is 26.5. The standard InChI is InChI=1S/C23H23FN6O4S.C2H6O2/c1-13-19-20(35-22(13)30-25-7-8-26-30)27-23(29(21(19)32)16-11-18(31)28(2)12-16)34-9-6-14-10-15(24)4-5-17(14)33-3;3-1-2-4/h4-5,7-8,10,16H,6,9,11-12H2,1-3H3;3-4H,1-2H2. The van der Waals surface area contributed by atoms with E-state index in [0.717, 1.165) is 0 Å². The van der Waals surface area contributed by atoms with Crippen molar-refractivity contribution in [2.45, 2.75) is 25.8 Å². The fourth-order valence-electron chi connectivity index (χ4n) is 4.31. The molecule has 1 aliphatic rings. The van der Waals surface area contributed by atoms with Crippen molar-refractivity contribution in [3.05, 3.63) is 57.9 Å². The van der Waals surface area contributed by atoms with Gasteiger partial charge in [-0.1, -0.05) is 11.3 Å². The molecule has 0 radical (unpaired) electrons. The first-order valence-corrected chi connectivity index (χ1v) is 12.9. The minimum absolute atomic E-state index is 0.0547. The van der Waals surface area contributed by atoms with Crippen LogP contribution < -0.4 is 15.0 Å². The van der Waals surface area contributed by atoms with Gasteiger partial charge in [0.05, 0.1) is 50.8 Å². The van der Waals surface area contributed by atoms with Crippen LogP contribution in [-0.4, -0.2) is 86.1 Å². The number of carbonyl (C=O) groups excluding carboxylic acids is 1. The number of carbonyl (C=O) groups is 1. The summed E-state index contributed by atoms with van der Waals surface area (Å²) in [5.74, 6) is 0.114. The quantitative estimate of drug-likeness (QED) is 0.327. The molecule has 1 aliphatic heterocycles. The molecule has 0 saturated carbocycles. The molecule has 1 atom stereocenters. The van der Waals surface area contributed by atoms with Gasteiger partial charge in [0.2, 0.25) is 5.91 Å². The van der Waals surface area contributed by atoms with Gasteiger partial charge in [0.25, 0.3) is 5.56 Å². The zero-order valence-corrected chi connectivity index (χ0v) is 22.5. The number of thiophene rings is 1. The molecule has 1 unspecified atom stereocenters. The Balaban J connectivity index is 0.000000826. The molecule has 1 aromatic carbocycles. The molecule has 0 aliphatic carbocycles. The van der Waals surface area contributed by atoms with Gasteiger partial charge < -0.3 is 24.6 Å². The number of aliphatic hydroxyl groups is 2. The molecule has 4 heterocycles. The van der Waals surface area contributed by atoms with E-state index in [1.165, 1.54) is 39.9 Å². The summed E-state index contributed by atoms with van der Waals surface area (Å²) >= 11 is 1.29. The molecule has 2 N–H and O–H groups in total. The maximum Gasteiger partial charge on any atom is 0.300 e. The van der Waals surface area contributed by atoms with Crippen molar-refractivity contribution in [3.8, 4) is 16.8 Å². The van der Waals surface area contributed by atoms with Crippen molar-refractivity contribution >= 4 is 27.5 Å². The number of methoxy groups -OCH3 is 1. The van der Waals surface area contributed by atoms with Crippen LogP contribution in [-0.2, 0) is 11.2 Å². The van der Waals surface area contributed by atoms with E-state index in [1.807, 2.05) is 6.92 Å². The molecular weight excluding hydrogens is 531 g/mol. The first kappa shape index (κ1) is 28.1. The average molecular weight is 561 g/mol. The van der Waals surface area contributed by atoms with Crippen LogP contribution in [0, 0.1) is 12.7 Å². The fourth-order valence-corrected chi connectivity index (χ4v) is 5.39. The highest BCUT2D eigenvalue weighted by Gasteiger charge is 2.32. The highest BCUT2D eigenvalue weighted by atomic mass is 32.1. The molecule has 1 saturated heterocycles. The van der Waals surface area contributed by atoms with E-state index in [2.05, 4.69) is 15.2 Å². The molecule has 0 spiro atoms. The van der Waals surface area contributed by atoms with Crippen LogP contribution in [0.25, 0.3) is 15.2 Å². The molecule has 4 aromatic rings. The van der Waals surface area contributed by atoms with E-state index >= 15 is 0 Å². The Kier molecular flexibility index (Phi) is 8.89. The van der Waals surface area contributed by atoms with Crippen LogP contribution in [0.5, 0.6) is 11.8 Å². The number of hydrogen-bond acceptors (Lipinski definition) is 10. The summed E-state index contributed by atoms with van der Waals surface area (Å²) in [6, 6.07) is 3.98. The Labute approximate surface area is 226 Å². The van der Waals surface area contributed by atoms with E-state index in [-0.39, 0.29) is 49.5 Å². The molecule has 14 heteroatoms. The lowest BCUT2D eigenvalue weighted by Gasteiger charge is -2.18. The summed E-state index contributed by atoms with van der Waals surface area (Å²) in [7, 11) is 3.22. The normalized spacial score (nSPS) is 15.0. The van der Waals surface area contributed by atoms with Gasteiger partial charge in [-0.05, 0) is 25.1 Å². The summed E-state index contributed by atoms with van der Waals surface area (Å²) in [4.78, 5) is 34.2. The van der Waals surface area contributed by atoms with Crippen LogP contribution in [0.2, 0.25) is 0 Å². The largest absolute Gasteiger partial charge is 0.496 e. The Morgan fingerprint density at radius 1 is 1.18 bits per heavy atom. The maximum absolute atomic E-state index is 13.8. The van der Waals surface area contributed by atoms with Gasteiger partial charge >= 0.3 is 6.01 Å². The number of fused-ring (bicyclic) bond motifs is 1. The zero-order chi connectivity index (χ0) is 28.1. The third kappa shape index (κ3) is 5.92. The third-order valence-corrected chi connectivity index (χ3v) is 7.32. The molecule has 1 amide bonds. The number of rotatable bonds is 8. The number of ether oxygens (including phenoxy) is 2. The first-order valence-electron chi connectivity index (χ1n) is 12.1. The molecule has 0 bridgehead atoms. The molecule has 12 nitrogen and oxygen atoms in total. The summed E-state index contributed by atoms with van der Waals surface area (Å²) in [5.41, 5.74) is 1.06. The number of aryl methyl sites for hydroxylation is 1. The molecule has 5 rings (SSSR count). The van der Waals surface area contributed by atoms with E-state index in [4.69, 9.17) is 19.7 Å². The van der Waals surface area contributed by atoms with Gasteiger partial charge in [0.1, 0.15) is 21.4 Å². The lowest BCUT2D eigenvalue weighted by Crippen LogP contribution is -2.29. The van der Waals surface area contributed by atoms with Gasteiger partial charge in [-0.25, -0.2) is 4.39 Å². The molecule has 208 valence electrons. The van der Waals surface area contributed by atoms with E-state index in [1.54, 1.807) is 30.4 Å². The van der Waals surface area contributed by atoms with Crippen molar-refractivity contribution in [3.63, 3.8) is 0 Å². The molecule has 3 aromatic heterocycles. The number of hydrogen-bond donors (Lipinski definition) is 2. The predicted octanol–water partition coefficient (Wildman–Crippen LogP) is 1.49. The Bertz CT molecular complexity index is 1500. The van der Waals surface area contributed by atoms with Gasteiger partial charge in [-0.3, -0.25) is 14.2 Å². The second-order valence-corrected chi connectivity index (χ2v) is 9.71. The summed E-state index contributed by atoms with van der Waals surface area (Å²) in [6.07, 6.45) is 3.63. The van der Waals surface area contributed by atoms with E-state index in [9.17, 15) is 14.0 Å². The smallest absolute Gasteiger partial charge is 0.300 e. The summed E-state index contributed by atoms with van der Waals surface area (Å²) in [5, 5.41) is 24.7. The van der Waals surface area contributed by atoms with Crippen LogP contribution >= 0.6 is 11.3 Å². The average Bonchev–Trinajstić information content (AvgIpc) is 3.64. The lowest BCUT2D eigenvalue weighted by atomic mass is 10.1. The topological polar surface area (TPSA) is 145 Å². The second kappa shape index (κ2) is 12.3. The number of aromatic nitrogens is 5. The second-order valence-electron chi connectivity index (χ2n) is 8.73. The third-order valence-electron chi connectivity index (χ3n) is 6.17. The van der Waals surface area contributed by atoms with E-state index < -0.39 is 6.04 Å². The van der Waals surface area contributed by atoms with Crippen molar-refractivity contribution < 1.29 is 28.9 Å². The van der Waals surface area contributed by atoms with Gasteiger partial charge in [-0.15, -0.1) is 4.80 Å². The van der Waals surface area contributed by atoms with Crippen molar-refractivity contribution in [1.82, 2.24) is 29.4 Å². The van der Waals surface area contributed by atoms with Crippen LogP contribution in [0.3, 0.4) is 0 Å². The maximum atomic E-state index is 13.8. The van der Waals surface area contributed by atoms with Gasteiger partial charge in [0.15, 0.2) is 0 Å². The zero-order valence-electron chi connectivity index (χ0n) is 21.7. The molecular formula is C25H29FN6O6S. The number of likely N-dealkylation sites (tertiary alicyclic amines) is 1.